The summed E-state index contributed by atoms with van der Waals surface area (Å²) in [7, 11) is 0. The van der Waals surface area contributed by atoms with Crippen LogP contribution in [0, 0.1) is 0 Å². The molecule has 82 valence electrons. The highest BCUT2D eigenvalue weighted by atomic mass is 35.5. The first-order valence-electron chi connectivity index (χ1n) is 4.99. The van der Waals surface area contributed by atoms with Crippen molar-refractivity contribution in [3.63, 3.8) is 0 Å². The normalized spacial score (nSPS) is 10.4. The number of hydrogen-bond acceptors (Lipinski definition) is 2. The van der Waals surface area contributed by atoms with Crippen LogP contribution in [0.5, 0.6) is 0 Å². The molecule has 0 spiro atoms. The lowest BCUT2D eigenvalue weighted by molar-refractivity contribution is 1.05. The molecular formula is C12H10Cl2N2. The third kappa shape index (κ3) is 2.18. The highest BCUT2D eigenvalue weighted by molar-refractivity contribution is 6.34. The molecule has 0 atom stereocenters. The Morgan fingerprint density at radius 2 is 1.56 bits per heavy atom. The Hall–Kier alpha value is -1.12. The van der Waals surface area contributed by atoms with Crippen LogP contribution in [0.2, 0.25) is 10.3 Å². The van der Waals surface area contributed by atoms with Gasteiger partial charge in [-0.3, -0.25) is 0 Å². The molecule has 0 aliphatic rings. The maximum absolute atomic E-state index is 6.05. The molecule has 0 amide bonds. The summed E-state index contributed by atoms with van der Waals surface area (Å²) < 4.78 is 0. The minimum Gasteiger partial charge on any atom is -0.216 e. The number of rotatable bonds is 2. The molecular weight excluding hydrogens is 243 g/mol. The van der Waals surface area contributed by atoms with Crippen LogP contribution in [0.1, 0.15) is 12.5 Å². The minimum absolute atomic E-state index is 0.432. The molecule has 0 radical (unpaired) electrons. The lowest BCUT2D eigenvalue weighted by Gasteiger charge is -2.06. The Morgan fingerprint density at radius 1 is 1.00 bits per heavy atom. The van der Waals surface area contributed by atoms with E-state index in [4.69, 9.17) is 23.2 Å². The molecule has 4 heteroatoms. The predicted molar refractivity (Wildman–Crippen MR) is 66.9 cm³/mol. The van der Waals surface area contributed by atoms with Gasteiger partial charge in [-0.15, -0.1) is 0 Å². The van der Waals surface area contributed by atoms with E-state index < -0.39 is 0 Å². The third-order valence-corrected chi connectivity index (χ3v) is 2.92. The van der Waals surface area contributed by atoms with Crippen molar-refractivity contribution in [1.29, 1.82) is 0 Å². The minimum atomic E-state index is 0.432. The van der Waals surface area contributed by atoms with Gasteiger partial charge in [0, 0.05) is 11.1 Å². The Morgan fingerprint density at radius 3 is 2.06 bits per heavy atom. The van der Waals surface area contributed by atoms with Gasteiger partial charge in [0.1, 0.15) is 10.3 Å². The highest BCUT2D eigenvalue weighted by Crippen LogP contribution is 2.25. The Kier molecular flexibility index (Phi) is 3.42. The zero-order chi connectivity index (χ0) is 11.5. The molecule has 1 heterocycles. The smallest absolute Gasteiger partial charge is 0.162 e. The lowest BCUT2D eigenvalue weighted by Crippen LogP contribution is -1.96. The van der Waals surface area contributed by atoms with Crippen molar-refractivity contribution in [3.8, 4) is 11.4 Å². The summed E-state index contributed by atoms with van der Waals surface area (Å²) in [6.07, 6.45) is 0.729. The van der Waals surface area contributed by atoms with Crippen molar-refractivity contribution >= 4 is 23.2 Å². The largest absolute Gasteiger partial charge is 0.216 e. The summed E-state index contributed by atoms with van der Waals surface area (Å²) in [5.41, 5.74) is 1.71. The average molecular weight is 253 g/mol. The van der Waals surface area contributed by atoms with Crippen LogP contribution >= 0.6 is 23.2 Å². The fraction of sp³-hybridized carbons (Fsp3) is 0.167. The maximum Gasteiger partial charge on any atom is 0.162 e. The van der Waals surface area contributed by atoms with E-state index in [1.165, 1.54) is 0 Å². The molecule has 1 aromatic carbocycles. The maximum atomic E-state index is 6.05. The van der Waals surface area contributed by atoms with Crippen LogP contribution in [-0.4, -0.2) is 9.97 Å². The van der Waals surface area contributed by atoms with Crippen LogP contribution in [-0.2, 0) is 6.42 Å². The van der Waals surface area contributed by atoms with Crippen molar-refractivity contribution in [3.05, 3.63) is 46.2 Å². The number of halogens is 2. The molecule has 2 aromatic rings. The van der Waals surface area contributed by atoms with E-state index in [1.54, 1.807) is 0 Å². The molecule has 2 rings (SSSR count). The Labute approximate surface area is 104 Å². The monoisotopic (exact) mass is 252 g/mol. The second-order valence-corrected chi connectivity index (χ2v) is 4.04. The van der Waals surface area contributed by atoms with Crippen LogP contribution in [0.15, 0.2) is 30.3 Å². The van der Waals surface area contributed by atoms with Crippen molar-refractivity contribution < 1.29 is 0 Å². The van der Waals surface area contributed by atoms with Gasteiger partial charge in [0.05, 0.1) is 0 Å². The van der Waals surface area contributed by atoms with Crippen molar-refractivity contribution in [2.45, 2.75) is 13.3 Å². The molecule has 0 saturated carbocycles. The molecule has 1 aromatic heterocycles. The van der Waals surface area contributed by atoms with Gasteiger partial charge in [-0.1, -0.05) is 60.5 Å². The molecule has 16 heavy (non-hydrogen) atoms. The summed E-state index contributed by atoms with van der Waals surface area (Å²) in [5, 5.41) is 0.864. The average Bonchev–Trinajstić information content (AvgIpc) is 2.30. The third-order valence-electron chi connectivity index (χ3n) is 2.29. The molecule has 0 aliphatic carbocycles. The van der Waals surface area contributed by atoms with Gasteiger partial charge in [-0.25, -0.2) is 9.97 Å². The first-order chi connectivity index (χ1) is 7.72. The van der Waals surface area contributed by atoms with E-state index in [2.05, 4.69) is 9.97 Å². The van der Waals surface area contributed by atoms with Crippen LogP contribution in [0.4, 0.5) is 0 Å². The zero-order valence-electron chi connectivity index (χ0n) is 8.74. The van der Waals surface area contributed by atoms with Crippen LogP contribution in [0.25, 0.3) is 11.4 Å². The number of benzene rings is 1. The fourth-order valence-electron chi connectivity index (χ4n) is 1.44. The molecule has 0 N–H and O–H groups in total. The summed E-state index contributed by atoms with van der Waals surface area (Å²) in [6.45, 7) is 1.97. The Bertz CT molecular complexity index is 475. The van der Waals surface area contributed by atoms with Crippen molar-refractivity contribution in [1.82, 2.24) is 9.97 Å². The molecule has 0 aliphatic heterocycles. The van der Waals surface area contributed by atoms with E-state index >= 15 is 0 Å². The first kappa shape index (κ1) is 11.4. The van der Waals surface area contributed by atoms with E-state index in [1.807, 2.05) is 37.3 Å². The second kappa shape index (κ2) is 4.81. The topological polar surface area (TPSA) is 25.8 Å². The number of aromatic nitrogens is 2. The van der Waals surface area contributed by atoms with Gasteiger partial charge in [0.25, 0.3) is 0 Å². The van der Waals surface area contributed by atoms with Crippen LogP contribution < -0.4 is 0 Å². The fourth-order valence-corrected chi connectivity index (χ4v) is 2.09. The summed E-state index contributed by atoms with van der Waals surface area (Å²) in [5.74, 6) is 0.563. The van der Waals surface area contributed by atoms with Gasteiger partial charge in [0.2, 0.25) is 0 Å². The zero-order valence-corrected chi connectivity index (χ0v) is 10.3. The number of nitrogens with zero attached hydrogens (tertiary/aromatic N) is 2. The van der Waals surface area contributed by atoms with Gasteiger partial charge in [-0.2, -0.15) is 0 Å². The molecule has 0 saturated heterocycles. The predicted octanol–water partition coefficient (Wildman–Crippen LogP) is 4.01. The molecule has 0 fully saturated rings. The quantitative estimate of drug-likeness (QED) is 0.755. The molecule has 0 unspecified atom stereocenters. The molecule has 2 nitrogen and oxygen atoms in total. The van der Waals surface area contributed by atoms with Crippen molar-refractivity contribution in [2.75, 3.05) is 0 Å². The van der Waals surface area contributed by atoms with E-state index in [0.29, 0.717) is 16.1 Å². The lowest BCUT2D eigenvalue weighted by atomic mass is 10.2. The van der Waals surface area contributed by atoms with E-state index in [9.17, 15) is 0 Å². The highest BCUT2D eigenvalue weighted by Gasteiger charge is 2.10. The van der Waals surface area contributed by atoms with Gasteiger partial charge in [-0.05, 0) is 6.42 Å². The van der Waals surface area contributed by atoms with Gasteiger partial charge < -0.3 is 0 Å². The van der Waals surface area contributed by atoms with Gasteiger partial charge >= 0.3 is 0 Å². The standard InChI is InChI=1S/C12H10Cl2N2/c1-2-9-10(13)15-12(16-11(9)14)8-6-4-3-5-7-8/h3-7H,2H2,1H3. The van der Waals surface area contributed by atoms with Crippen molar-refractivity contribution in [2.24, 2.45) is 0 Å². The number of hydrogen-bond donors (Lipinski definition) is 0. The van der Waals surface area contributed by atoms with Gasteiger partial charge in [0.15, 0.2) is 5.82 Å². The summed E-state index contributed by atoms with van der Waals surface area (Å²) >= 11 is 12.1. The summed E-state index contributed by atoms with van der Waals surface area (Å²) in [6, 6.07) is 9.64. The first-order valence-corrected chi connectivity index (χ1v) is 5.75. The Balaban J connectivity index is 2.53. The summed E-state index contributed by atoms with van der Waals surface area (Å²) in [4.78, 5) is 8.49. The molecule has 0 bridgehead atoms. The SMILES string of the molecule is CCc1c(Cl)nc(-c2ccccc2)nc1Cl. The second-order valence-electron chi connectivity index (χ2n) is 3.33. The van der Waals surface area contributed by atoms with E-state index in [0.717, 1.165) is 17.5 Å². The van der Waals surface area contributed by atoms with Crippen LogP contribution in [0.3, 0.4) is 0 Å². The van der Waals surface area contributed by atoms with E-state index in [-0.39, 0.29) is 0 Å².